The number of rotatable bonds is 6. The van der Waals surface area contributed by atoms with Crippen LogP contribution in [-0.4, -0.2) is 48.1 Å². The van der Waals surface area contributed by atoms with Crippen molar-refractivity contribution >= 4 is 11.8 Å². The molecule has 3 heterocycles. The van der Waals surface area contributed by atoms with Gasteiger partial charge in [-0.1, -0.05) is 13.0 Å². The molecule has 7 nitrogen and oxygen atoms in total. The van der Waals surface area contributed by atoms with Gasteiger partial charge in [0.2, 0.25) is 12.7 Å². The summed E-state index contributed by atoms with van der Waals surface area (Å²) in [5, 5.41) is 2.87. The Labute approximate surface area is 170 Å². The minimum absolute atomic E-state index is 0.0189. The molecule has 2 amide bonds. The van der Waals surface area contributed by atoms with Gasteiger partial charge in [-0.2, -0.15) is 0 Å². The van der Waals surface area contributed by atoms with Crippen molar-refractivity contribution in [2.45, 2.75) is 26.2 Å². The molecule has 0 radical (unpaired) electrons. The highest BCUT2D eigenvalue weighted by atomic mass is 16.7. The number of hydrogen-bond donors (Lipinski definition) is 1. The monoisotopic (exact) mass is 395 g/mol. The van der Waals surface area contributed by atoms with E-state index in [2.05, 4.69) is 23.3 Å². The zero-order valence-corrected chi connectivity index (χ0v) is 16.5. The summed E-state index contributed by atoms with van der Waals surface area (Å²) < 4.78 is 10.9. The predicted molar refractivity (Wildman–Crippen MR) is 107 cm³/mol. The molecular weight excluding hydrogens is 370 g/mol. The fourth-order valence-corrected chi connectivity index (χ4v) is 3.99. The van der Waals surface area contributed by atoms with Crippen molar-refractivity contribution in [1.82, 2.24) is 15.2 Å². The summed E-state index contributed by atoms with van der Waals surface area (Å²) in [6.07, 6.45) is 5.39. The highest BCUT2D eigenvalue weighted by Gasteiger charge is 2.35. The normalized spacial score (nSPS) is 20.6. The standard InChI is InChI=1S/C22H25N3O4/c1-22(12-16-4-5-18-19(11-16)29-15-28-18)7-6-20(26)25(14-22)10-9-24-21(27)17-3-2-8-23-13-17/h2-5,8,11,13H,6-7,9-10,12,14-15H2,1H3,(H,24,27)/t22-/m0/s1. The number of fused-ring (bicyclic) bond motifs is 1. The predicted octanol–water partition coefficient (Wildman–Crippen LogP) is 2.41. The van der Waals surface area contributed by atoms with Crippen LogP contribution in [0.5, 0.6) is 11.5 Å². The smallest absolute Gasteiger partial charge is 0.252 e. The number of nitrogens with one attached hydrogen (secondary N) is 1. The van der Waals surface area contributed by atoms with Crippen molar-refractivity contribution in [1.29, 1.82) is 0 Å². The molecular formula is C22H25N3O4. The Morgan fingerprint density at radius 1 is 1.28 bits per heavy atom. The Morgan fingerprint density at radius 2 is 2.14 bits per heavy atom. The minimum atomic E-state index is -0.175. The molecule has 0 saturated carbocycles. The van der Waals surface area contributed by atoms with Gasteiger partial charge in [-0.15, -0.1) is 0 Å². The molecule has 2 aliphatic heterocycles. The molecule has 0 unspecified atom stereocenters. The summed E-state index contributed by atoms with van der Waals surface area (Å²) in [5.74, 6) is 1.53. The van der Waals surface area contributed by atoms with Gasteiger partial charge in [-0.25, -0.2) is 0 Å². The van der Waals surface area contributed by atoms with E-state index in [4.69, 9.17) is 9.47 Å². The van der Waals surface area contributed by atoms with E-state index in [1.54, 1.807) is 18.3 Å². The van der Waals surface area contributed by atoms with Gasteiger partial charge in [0.05, 0.1) is 5.56 Å². The van der Waals surface area contributed by atoms with Crippen LogP contribution >= 0.6 is 0 Å². The van der Waals surface area contributed by atoms with Gasteiger partial charge in [-0.05, 0) is 48.1 Å². The van der Waals surface area contributed by atoms with Crippen molar-refractivity contribution in [2.75, 3.05) is 26.4 Å². The Morgan fingerprint density at radius 3 is 2.97 bits per heavy atom. The SMILES string of the molecule is C[C@@]1(Cc2ccc3c(c2)OCO3)CCC(=O)N(CCNC(=O)c2cccnc2)C1. The molecule has 1 fully saturated rings. The van der Waals surface area contributed by atoms with E-state index in [9.17, 15) is 9.59 Å². The van der Waals surface area contributed by atoms with Crippen LogP contribution in [0.25, 0.3) is 0 Å². The van der Waals surface area contributed by atoms with E-state index >= 15 is 0 Å². The molecule has 152 valence electrons. The van der Waals surface area contributed by atoms with E-state index in [0.717, 1.165) is 24.3 Å². The van der Waals surface area contributed by atoms with Crippen LogP contribution in [0.1, 0.15) is 35.7 Å². The van der Waals surface area contributed by atoms with Gasteiger partial charge < -0.3 is 19.7 Å². The second-order valence-electron chi connectivity index (χ2n) is 7.99. The van der Waals surface area contributed by atoms with Crippen LogP contribution in [0.15, 0.2) is 42.7 Å². The number of hydrogen-bond acceptors (Lipinski definition) is 5. The summed E-state index contributed by atoms with van der Waals surface area (Å²) in [7, 11) is 0. The first-order valence-corrected chi connectivity index (χ1v) is 9.87. The zero-order chi connectivity index (χ0) is 20.3. The molecule has 1 aromatic heterocycles. The van der Waals surface area contributed by atoms with Crippen LogP contribution in [0.4, 0.5) is 0 Å². The minimum Gasteiger partial charge on any atom is -0.454 e. The number of amides is 2. The number of piperidine rings is 1. The lowest BCUT2D eigenvalue weighted by Gasteiger charge is -2.40. The first-order valence-electron chi connectivity index (χ1n) is 9.87. The molecule has 0 spiro atoms. The van der Waals surface area contributed by atoms with E-state index in [0.29, 0.717) is 31.6 Å². The summed E-state index contributed by atoms with van der Waals surface area (Å²) >= 11 is 0. The molecule has 1 N–H and O–H groups in total. The van der Waals surface area contributed by atoms with Crippen LogP contribution in [-0.2, 0) is 11.2 Å². The van der Waals surface area contributed by atoms with Crippen molar-refractivity contribution in [3.63, 3.8) is 0 Å². The number of nitrogens with zero attached hydrogens (tertiary/aromatic N) is 2. The fourth-order valence-electron chi connectivity index (χ4n) is 3.99. The number of likely N-dealkylation sites (tertiary alicyclic amines) is 1. The maximum Gasteiger partial charge on any atom is 0.252 e. The molecule has 2 aliphatic rings. The largest absolute Gasteiger partial charge is 0.454 e. The lowest BCUT2D eigenvalue weighted by Crippen LogP contribution is -2.48. The third-order valence-corrected chi connectivity index (χ3v) is 5.53. The highest BCUT2D eigenvalue weighted by molar-refractivity contribution is 5.93. The van der Waals surface area contributed by atoms with E-state index < -0.39 is 0 Å². The number of aromatic nitrogens is 1. The van der Waals surface area contributed by atoms with Crippen molar-refractivity contribution < 1.29 is 19.1 Å². The summed E-state index contributed by atoms with van der Waals surface area (Å²) in [4.78, 5) is 30.4. The number of carbonyl (C=O) groups is 2. The molecule has 0 bridgehead atoms. The first-order chi connectivity index (χ1) is 14.0. The average molecular weight is 395 g/mol. The highest BCUT2D eigenvalue weighted by Crippen LogP contribution is 2.37. The second-order valence-corrected chi connectivity index (χ2v) is 7.99. The summed E-state index contributed by atoms with van der Waals surface area (Å²) in [5.41, 5.74) is 1.68. The average Bonchev–Trinajstić information content (AvgIpc) is 3.19. The molecule has 29 heavy (non-hydrogen) atoms. The maximum absolute atomic E-state index is 12.4. The number of pyridine rings is 1. The van der Waals surface area contributed by atoms with Gasteiger partial charge in [0, 0.05) is 38.4 Å². The maximum atomic E-state index is 12.4. The second kappa shape index (κ2) is 8.11. The van der Waals surface area contributed by atoms with Gasteiger partial charge in [0.25, 0.3) is 5.91 Å². The lowest BCUT2D eigenvalue weighted by atomic mass is 9.76. The molecule has 1 atom stereocenters. The fraction of sp³-hybridized carbons (Fsp3) is 0.409. The zero-order valence-electron chi connectivity index (χ0n) is 16.5. The van der Waals surface area contributed by atoms with Gasteiger partial charge in [-0.3, -0.25) is 14.6 Å². The van der Waals surface area contributed by atoms with E-state index in [1.807, 2.05) is 17.0 Å². The van der Waals surface area contributed by atoms with Crippen LogP contribution in [0.3, 0.4) is 0 Å². The third-order valence-electron chi connectivity index (χ3n) is 5.53. The Balaban J connectivity index is 1.33. The number of ether oxygens (including phenoxy) is 2. The molecule has 7 heteroatoms. The van der Waals surface area contributed by atoms with Gasteiger partial charge in [0.1, 0.15) is 0 Å². The van der Waals surface area contributed by atoms with E-state index in [-0.39, 0.29) is 24.0 Å². The summed E-state index contributed by atoms with van der Waals surface area (Å²) in [6.45, 7) is 4.07. The molecule has 1 saturated heterocycles. The molecule has 4 rings (SSSR count). The van der Waals surface area contributed by atoms with Gasteiger partial charge in [0.15, 0.2) is 11.5 Å². The van der Waals surface area contributed by atoms with Crippen molar-refractivity contribution in [3.8, 4) is 11.5 Å². The van der Waals surface area contributed by atoms with Crippen molar-refractivity contribution in [3.05, 3.63) is 53.9 Å². The Hall–Kier alpha value is -3.09. The third kappa shape index (κ3) is 4.50. The summed E-state index contributed by atoms with van der Waals surface area (Å²) in [6, 6.07) is 9.48. The Bertz CT molecular complexity index is 902. The first kappa shape index (κ1) is 19.2. The van der Waals surface area contributed by atoms with Crippen LogP contribution < -0.4 is 14.8 Å². The van der Waals surface area contributed by atoms with Crippen LogP contribution in [0, 0.1) is 5.41 Å². The van der Waals surface area contributed by atoms with Gasteiger partial charge >= 0.3 is 0 Å². The quantitative estimate of drug-likeness (QED) is 0.812. The lowest BCUT2D eigenvalue weighted by molar-refractivity contribution is -0.137. The molecule has 0 aliphatic carbocycles. The molecule has 1 aromatic carbocycles. The topological polar surface area (TPSA) is 80.8 Å². The molecule has 2 aromatic rings. The van der Waals surface area contributed by atoms with E-state index in [1.165, 1.54) is 11.8 Å². The number of benzene rings is 1. The van der Waals surface area contributed by atoms with Crippen molar-refractivity contribution in [2.24, 2.45) is 5.41 Å². The van der Waals surface area contributed by atoms with Crippen LogP contribution in [0.2, 0.25) is 0 Å². The Kier molecular flexibility index (Phi) is 5.38. The number of carbonyl (C=O) groups excluding carboxylic acids is 2.